The molecule has 3 saturated heterocycles. The molecular weight excluding hydrogens is 558 g/mol. The second kappa shape index (κ2) is 13.4. The number of imide groups is 1. The number of aryl methyl sites for hydroxylation is 1. The number of urea groups is 1. The van der Waals surface area contributed by atoms with Crippen molar-refractivity contribution in [3.8, 4) is 0 Å². The summed E-state index contributed by atoms with van der Waals surface area (Å²) in [6.07, 6.45) is 7.07. The number of hydrogen-bond acceptors (Lipinski definition) is 7. The van der Waals surface area contributed by atoms with Crippen LogP contribution in [0.2, 0.25) is 0 Å². The van der Waals surface area contributed by atoms with E-state index in [1.165, 1.54) is 22.4 Å². The Hall–Kier alpha value is -2.92. The smallest absolute Gasteiger partial charge is 0.328 e. The van der Waals surface area contributed by atoms with Crippen LogP contribution in [0, 0.1) is 5.92 Å². The van der Waals surface area contributed by atoms with Crippen LogP contribution < -0.4 is 16.0 Å². The van der Waals surface area contributed by atoms with Gasteiger partial charge in [0.1, 0.15) is 0 Å². The Morgan fingerprint density at radius 2 is 1.81 bits per heavy atom. The van der Waals surface area contributed by atoms with Crippen LogP contribution in [0.4, 0.5) is 10.6 Å². The lowest BCUT2D eigenvalue weighted by Crippen LogP contribution is -2.49. The lowest BCUT2D eigenvalue weighted by molar-refractivity contribution is -0.120. The van der Waals surface area contributed by atoms with Crippen LogP contribution in [0.25, 0.3) is 10.9 Å². The van der Waals surface area contributed by atoms with Crippen molar-refractivity contribution in [2.24, 2.45) is 18.7 Å². The van der Waals surface area contributed by atoms with E-state index in [-0.39, 0.29) is 5.91 Å². The number of nitrogens with one attached hydrogen (secondary N) is 1. The molecule has 0 bridgehead atoms. The number of amides is 3. The first-order valence-electron chi connectivity index (χ1n) is 15.9. The van der Waals surface area contributed by atoms with E-state index in [4.69, 9.17) is 5.73 Å². The van der Waals surface area contributed by atoms with Gasteiger partial charge in [0, 0.05) is 56.0 Å². The lowest BCUT2D eigenvalue weighted by Gasteiger charge is -2.34. The van der Waals surface area contributed by atoms with E-state index in [2.05, 4.69) is 69.0 Å². The molecule has 10 heteroatoms. The first kappa shape index (κ1) is 30.1. The number of carbonyl (C=O) groups excluding carboxylic acids is 2. The Balaban J connectivity index is 1.03. The molecule has 3 aliphatic heterocycles. The molecule has 0 saturated carbocycles. The van der Waals surface area contributed by atoms with E-state index in [0.717, 1.165) is 75.7 Å². The number of aromatic nitrogens is 2. The van der Waals surface area contributed by atoms with Crippen molar-refractivity contribution >= 4 is 40.6 Å². The van der Waals surface area contributed by atoms with Crippen LogP contribution in [0.1, 0.15) is 62.5 Å². The van der Waals surface area contributed by atoms with E-state index >= 15 is 0 Å². The summed E-state index contributed by atoms with van der Waals surface area (Å²) in [4.78, 5) is 29.6. The maximum atomic E-state index is 12.4. The quantitative estimate of drug-likeness (QED) is 0.336. The van der Waals surface area contributed by atoms with Crippen molar-refractivity contribution in [3.63, 3.8) is 0 Å². The molecule has 3 aliphatic rings. The summed E-state index contributed by atoms with van der Waals surface area (Å²) < 4.78 is 4.32. The van der Waals surface area contributed by atoms with Crippen molar-refractivity contribution in [2.45, 2.75) is 68.7 Å². The summed E-state index contributed by atoms with van der Waals surface area (Å²) >= 11 is 1.89. The number of piperidine rings is 2. The second-order valence-electron chi connectivity index (χ2n) is 12.5. The molecule has 4 heterocycles. The zero-order valence-corrected chi connectivity index (χ0v) is 26.3. The number of fused-ring (bicyclic) bond motifs is 1. The minimum atomic E-state index is -0.396. The number of likely N-dealkylation sites (tertiary alicyclic amines) is 1. The van der Waals surface area contributed by atoms with Crippen molar-refractivity contribution in [1.29, 1.82) is 0 Å². The van der Waals surface area contributed by atoms with Gasteiger partial charge in [-0.25, -0.2) is 9.10 Å². The molecule has 43 heavy (non-hydrogen) atoms. The summed E-state index contributed by atoms with van der Waals surface area (Å²) in [5.41, 5.74) is 9.90. The van der Waals surface area contributed by atoms with Gasteiger partial charge in [-0.05, 0) is 104 Å². The molecule has 3 aromatic rings. The molecule has 3 amide bonds. The van der Waals surface area contributed by atoms with E-state index in [1.54, 1.807) is 4.90 Å². The highest BCUT2D eigenvalue weighted by Crippen LogP contribution is 2.34. The van der Waals surface area contributed by atoms with Crippen LogP contribution in [0.3, 0.4) is 0 Å². The Kier molecular flexibility index (Phi) is 9.37. The highest BCUT2D eigenvalue weighted by molar-refractivity contribution is 7.97. The van der Waals surface area contributed by atoms with E-state index in [1.807, 2.05) is 23.7 Å². The molecule has 1 aromatic heterocycles. The molecule has 2 aromatic carbocycles. The largest absolute Gasteiger partial charge is 0.329 e. The number of nitrogens with zero attached hydrogens (tertiary/aromatic N) is 5. The van der Waals surface area contributed by atoms with Gasteiger partial charge >= 0.3 is 6.03 Å². The van der Waals surface area contributed by atoms with Gasteiger partial charge in [0.05, 0.1) is 5.52 Å². The average molecular weight is 604 g/mol. The van der Waals surface area contributed by atoms with Gasteiger partial charge in [-0.2, -0.15) is 5.10 Å². The van der Waals surface area contributed by atoms with Crippen molar-refractivity contribution < 1.29 is 9.59 Å². The van der Waals surface area contributed by atoms with Crippen LogP contribution in [-0.2, 0) is 18.3 Å². The fourth-order valence-corrected chi connectivity index (χ4v) is 7.84. The van der Waals surface area contributed by atoms with Gasteiger partial charge in [-0.3, -0.25) is 19.7 Å². The first-order valence-corrected chi connectivity index (χ1v) is 16.7. The topological polar surface area (TPSA) is 99.7 Å². The molecule has 230 valence electrons. The monoisotopic (exact) mass is 603 g/mol. The Morgan fingerprint density at radius 3 is 2.56 bits per heavy atom. The third-order valence-electron chi connectivity index (χ3n) is 9.47. The van der Waals surface area contributed by atoms with Crippen molar-refractivity contribution in [2.75, 3.05) is 44.2 Å². The Morgan fingerprint density at radius 1 is 1.02 bits per heavy atom. The Labute approximate surface area is 259 Å². The van der Waals surface area contributed by atoms with Gasteiger partial charge < -0.3 is 10.6 Å². The minimum Gasteiger partial charge on any atom is -0.328 e. The molecule has 0 aliphatic carbocycles. The molecule has 1 unspecified atom stereocenters. The highest BCUT2D eigenvalue weighted by atomic mass is 32.2. The predicted molar refractivity (Wildman–Crippen MR) is 173 cm³/mol. The normalized spacial score (nSPS) is 20.6. The molecule has 0 spiro atoms. The number of hydrogen-bond donors (Lipinski definition) is 2. The summed E-state index contributed by atoms with van der Waals surface area (Å²) in [7, 11) is 1.92. The van der Waals surface area contributed by atoms with Gasteiger partial charge in [-0.15, -0.1) is 0 Å². The first-order chi connectivity index (χ1) is 20.9. The van der Waals surface area contributed by atoms with E-state index in [9.17, 15) is 9.59 Å². The van der Waals surface area contributed by atoms with Crippen molar-refractivity contribution in [3.05, 3.63) is 53.6 Å². The van der Waals surface area contributed by atoms with Gasteiger partial charge in [0.25, 0.3) is 0 Å². The summed E-state index contributed by atoms with van der Waals surface area (Å²) in [5, 5.41) is 8.01. The third kappa shape index (κ3) is 7.09. The summed E-state index contributed by atoms with van der Waals surface area (Å²) in [6, 6.07) is 15.7. The fourth-order valence-electron chi connectivity index (χ4n) is 6.81. The summed E-state index contributed by atoms with van der Waals surface area (Å²) in [6.45, 7) is 8.21. The second-order valence-corrected chi connectivity index (χ2v) is 13.7. The molecule has 6 rings (SSSR count). The van der Waals surface area contributed by atoms with E-state index in [0.29, 0.717) is 36.7 Å². The molecule has 3 fully saturated rings. The number of carbonyl (C=O) groups is 2. The minimum absolute atomic E-state index is 0.233. The molecule has 3 N–H and O–H groups in total. The highest BCUT2D eigenvalue weighted by Gasteiger charge is 2.29. The molecule has 1 atom stereocenters. The number of rotatable bonds is 9. The average Bonchev–Trinajstić information content (AvgIpc) is 3.33. The zero-order chi connectivity index (χ0) is 29.9. The lowest BCUT2D eigenvalue weighted by atomic mass is 9.88. The fraction of sp³-hybridized carbons (Fsp3) is 0.545. The Bertz CT molecular complexity index is 1440. The van der Waals surface area contributed by atoms with Gasteiger partial charge in [0.2, 0.25) is 5.91 Å². The van der Waals surface area contributed by atoms with E-state index < -0.39 is 6.03 Å². The molecule has 0 radical (unpaired) electrons. The van der Waals surface area contributed by atoms with Crippen LogP contribution >= 0.6 is 11.9 Å². The zero-order valence-electron chi connectivity index (χ0n) is 25.5. The van der Waals surface area contributed by atoms with Gasteiger partial charge in [-0.1, -0.05) is 31.5 Å². The maximum absolute atomic E-state index is 12.4. The molecular formula is C33H45N7O2S. The number of nitrogens with two attached hydrogens (primary N) is 1. The standard InChI is InChI=1S/C33H45N7O2S/c1-3-23(19-24-5-4-6-28(20-24)43-39-16-11-27(34)12-17-39)22-38-14-9-25(10-15-38)26-7-8-29-30(21-26)37(2)36-32(29)40-18-13-31(41)35-33(40)42/h4-8,20-21,23,25,27H,3,9-19,22,34H2,1-2H3,(H,35,41,42). The molecule has 9 nitrogen and oxygen atoms in total. The van der Waals surface area contributed by atoms with Crippen LogP contribution in [0.5, 0.6) is 0 Å². The SMILES string of the molecule is CCC(Cc1cccc(SN2CCC(N)CC2)c1)CN1CCC(c2ccc3c(N4CCC(=O)NC4=O)nn(C)c3c2)CC1. The third-order valence-corrected chi connectivity index (χ3v) is 10.6. The predicted octanol–water partition coefficient (Wildman–Crippen LogP) is 4.90. The summed E-state index contributed by atoms with van der Waals surface area (Å²) in [5.74, 6) is 1.56. The number of benzene rings is 2. The van der Waals surface area contributed by atoms with Crippen molar-refractivity contribution in [1.82, 2.24) is 24.3 Å². The number of anilines is 1. The van der Waals surface area contributed by atoms with Gasteiger partial charge in [0.15, 0.2) is 5.82 Å². The maximum Gasteiger partial charge on any atom is 0.329 e. The van der Waals surface area contributed by atoms with Crippen LogP contribution in [-0.4, -0.2) is 76.2 Å². The van der Waals surface area contributed by atoms with Crippen LogP contribution in [0.15, 0.2) is 47.4 Å².